The number of esters is 1. The quantitative estimate of drug-likeness (QED) is 0.0496. The van der Waals surface area contributed by atoms with E-state index in [0.29, 0.717) is 31.8 Å². The summed E-state index contributed by atoms with van der Waals surface area (Å²) in [5, 5.41) is 9.99. The lowest BCUT2D eigenvalue weighted by Gasteiger charge is -2.31. The van der Waals surface area contributed by atoms with Crippen LogP contribution in [0.2, 0.25) is 0 Å². The topological polar surface area (TPSA) is 215 Å². The van der Waals surface area contributed by atoms with Crippen LogP contribution in [-0.2, 0) is 49.5 Å². The lowest BCUT2D eigenvalue weighted by molar-refractivity contribution is -0.148. The van der Waals surface area contributed by atoms with Gasteiger partial charge in [0.25, 0.3) is 17.7 Å². The monoisotopic (exact) mass is 642 g/mol. The number of carbonyl (C=O) groups excluding carboxylic acids is 7. The highest BCUT2D eigenvalue weighted by Crippen LogP contribution is 2.25. The van der Waals surface area contributed by atoms with E-state index in [1.54, 1.807) is 30.3 Å². The minimum atomic E-state index is -1.06. The number of benzene rings is 1. The van der Waals surface area contributed by atoms with Crippen molar-refractivity contribution in [1.82, 2.24) is 26.2 Å². The van der Waals surface area contributed by atoms with Gasteiger partial charge in [-0.15, -0.1) is 0 Å². The van der Waals surface area contributed by atoms with Gasteiger partial charge in [0.15, 0.2) is 6.61 Å². The fourth-order valence-corrected chi connectivity index (χ4v) is 4.77. The number of carbonyl (C=O) groups is 7. The average molecular weight is 643 g/mol. The van der Waals surface area contributed by atoms with Crippen molar-refractivity contribution >= 4 is 41.4 Å². The number of nitrogens with two attached hydrogens (primary N) is 1. The Bertz CT molecular complexity index is 1250. The van der Waals surface area contributed by atoms with Crippen molar-refractivity contribution in [3.8, 4) is 0 Å². The standard InChI is InChI=1S/C31H42N6O9/c32-23-13-22(14-23)18-45-20-35-26(39)16-34-31(44)24(15-21-7-3-1-4-8-21)36-27(40)19-46-30(43)17-33-25(38)9-5-2-6-12-37-28(41)10-11-29(37)42/h1,3-4,7-8,10-11,22-24H,2,5-6,9,12-20,32H2,(H,33,38)(H,34,44)(H,35,39)(H,36,40). The molecule has 1 aliphatic carbocycles. The van der Waals surface area contributed by atoms with Crippen LogP contribution in [0.15, 0.2) is 42.5 Å². The van der Waals surface area contributed by atoms with Crippen LogP contribution in [0.1, 0.15) is 44.1 Å². The predicted octanol–water partition coefficient (Wildman–Crippen LogP) is -1.20. The zero-order valence-electron chi connectivity index (χ0n) is 25.7. The number of hydrogen-bond acceptors (Lipinski definition) is 10. The van der Waals surface area contributed by atoms with Gasteiger partial charge < -0.3 is 36.5 Å². The number of unbranched alkanes of at least 4 members (excludes halogenated alkanes) is 2. The molecule has 1 saturated carbocycles. The van der Waals surface area contributed by atoms with Gasteiger partial charge in [-0.25, -0.2) is 0 Å². The Balaban J connectivity index is 1.31. The highest BCUT2D eigenvalue weighted by molar-refractivity contribution is 6.12. The second kappa shape index (κ2) is 19.0. The maximum absolute atomic E-state index is 12.9. The Morgan fingerprint density at radius 2 is 1.59 bits per heavy atom. The SMILES string of the molecule is NC1CC(COCNC(=O)CNC(=O)C(Cc2ccccc2)NC(=O)COC(=O)CNC(=O)CCCCCN2C(=O)C=CC2=O)C1. The zero-order valence-corrected chi connectivity index (χ0v) is 25.7. The van der Waals surface area contributed by atoms with Gasteiger partial charge in [0, 0.05) is 37.6 Å². The predicted molar refractivity (Wildman–Crippen MR) is 163 cm³/mol. The van der Waals surface area contributed by atoms with Crippen molar-refractivity contribution in [2.45, 2.75) is 57.0 Å². The minimum Gasteiger partial charge on any atom is -0.454 e. The van der Waals surface area contributed by atoms with Gasteiger partial charge in [-0.3, -0.25) is 38.5 Å². The molecular formula is C31H42N6O9. The molecule has 3 rings (SSSR count). The molecule has 2 aliphatic rings. The Kier molecular flexibility index (Phi) is 14.8. The van der Waals surface area contributed by atoms with Crippen LogP contribution >= 0.6 is 0 Å². The highest BCUT2D eigenvalue weighted by Gasteiger charge is 2.26. The van der Waals surface area contributed by atoms with Crippen molar-refractivity contribution in [2.75, 3.05) is 39.6 Å². The van der Waals surface area contributed by atoms with Crippen LogP contribution in [0.4, 0.5) is 0 Å². The number of imide groups is 1. The lowest BCUT2D eigenvalue weighted by Crippen LogP contribution is -2.51. The van der Waals surface area contributed by atoms with E-state index in [-0.39, 0.29) is 50.5 Å². The Labute approximate surface area is 267 Å². The van der Waals surface area contributed by atoms with Crippen LogP contribution in [-0.4, -0.2) is 98.0 Å². The maximum Gasteiger partial charge on any atom is 0.325 e. The third-order valence-electron chi connectivity index (χ3n) is 7.33. The normalized spacial score (nSPS) is 17.5. The highest BCUT2D eigenvalue weighted by atomic mass is 16.5. The summed E-state index contributed by atoms with van der Waals surface area (Å²) in [5.74, 6) is -3.36. The summed E-state index contributed by atoms with van der Waals surface area (Å²) in [6, 6.07) is 8.08. The molecule has 15 heteroatoms. The first-order valence-corrected chi connectivity index (χ1v) is 15.3. The number of hydrogen-bond donors (Lipinski definition) is 5. The molecule has 0 spiro atoms. The summed E-state index contributed by atoms with van der Waals surface area (Å²) in [6.07, 6.45) is 6.11. The van der Waals surface area contributed by atoms with Gasteiger partial charge in [-0.1, -0.05) is 36.8 Å². The lowest BCUT2D eigenvalue weighted by atomic mass is 9.82. The Morgan fingerprint density at radius 3 is 2.28 bits per heavy atom. The molecule has 0 aromatic heterocycles. The third-order valence-corrected chi connectivity index (χ3v) is 7.33. The molecule has 46 heavy (non-hydrogen) atoms. The van der Waals surface area contributed by atoms with Gasteiger partial charge in [-0.05, 0) is 37.2 Å². The molecule has 0 radical (unpaired) electrons. The molecule has 6 N–H and O–H groups in total. The summed E-state index contributed by atoms with van der Waals surface area (Å²) in [7, 11) is 0. The van der Waals surface area contributed by atoms with Crippen LogP contribution in [0.3, 0.4) is 0 Å². The average Bonchev–Trinajstić information content (AvgIpc) is 3.34. The molecule has 1 aromatic rings. The Morgan fingerprint density at radius 1 is 0.870 bits per heavy atom. The van der Waals surface area contributed by atoms with E-state index >= 15 is 0 Å². The van der Waals surface area contributed by atoms with E-state index in [2.05, 4.69) is 21.3 Å². The second-order valence-electron chi connectivity index (χ2n) is 11.1. The van der Waals surface area contributed by atoms with Crippen molar-refractivity contribution in [3.63, 3.8) is 0 Å². The van der Waals surface area contributed by atoms with Gasteiger partial charge in [0.2, 0.25) is 17.7 Å². The van der Waals surface area contributed by atoms with E-state index in [0.717, 1.165) is 23.3 Å². The molecule has 15 nitrogen and oxygen atoms in total. The van der Waals surface area contributed by atoms with E-state index in [1.165, 1.54) is 12.2 Å². The number of amides is 6. The fraction of sp³-hybridized carbons (Fsp3) is 0.516. The molecule has 6 amide bonds. The molecule has 1 atom stereocenters. The van der Waals surface area contributed by atoms with Crippen LogP contribution in [0.25, 0.3) is 0 Å². The molecule has 250 valence electrons. The van der Waals surface area contributed by atoms with Crippen molar-refractivity contribution in [3.05, 3.63) is 48.0 Å². The van der Waals surface area contributed by atoms with Gasteiger partial charge in [0.05, 0.1) is 13.2 Å². The molecule has 1 aliphatic heterocycles. The molecular weight excluding hydrogens is 600 g/mol. The van der Waals surface area contributed by atoms with Crippen molar-refractivity contribution in [1.29, 1.82) is 0 Å². The molecule has 1 aromatic carbocycles. The third kappa shape index (κ3) is 13.2. The van der Waals surface area contributed by atoms with Gasteiger partial charge in [0.1, 0.15) is 19.3 Å². The smallest absolute Gasteiger partial charge is 0.325 e. The summed E-state index contributed by atoms with van der Waals surface area (Å²) >= 11 is 0. The second-order valence-corrected chi connectivity index (χ2v) is 11.1. The minimum absolute atomic E-state index is 0.000257. The number of ether oxygens (including phenoxy) is 2. The molecule has 1 heterocycles. The van der Waals surface area contributed by atoms with E-state index in [9.17, 15) is 33.6 Å². The first-order valence-electron chi connectivity index (χ1n) is 15.3. The van der Waals surface area contributed by atoms with E-state index in [4.69, 9.17) is 15.2 Å². The maximum atomic E-state index is 12.9. The molecule has 1 fully saturated rings. The summed E-state index contributed by atoms with van der Waals surface area (Å²) in [5.41, 5.74) is 6.50. The van der Waals surface area contributed by atoms with Crippen LogP contribution < -0.4 is 27.0 Å². The molecule has 1 unspecified atom stereocenters. The van der Waals surface area contributed by atoms with Crippen LogP contribution in [0.5, 0.6) is 0 Å². The van der Waals surface area contributed by atoms with Crippen molar-refractivity contribution in [2.24, 2.45) is 11.7 Å². The fourth-order valence-electron chi connectivity index (χ4n) is 4.77. The largest absolute Gasteiger partial charge is 0.454 e. The number of rotatable bonds is 20. The molecule has 0 saturated heterocycles. The number of nitrogens with zero attached hydrogens (tertiary/aromatic N) is 1. The molecule has 0 bridgehead atoms. The summed E-state index contributed by atoms with van der Waals surface area (Å²) < 4.78 is 10.4. The Hall–Kier alpha value is -4.63. The zero-order chi connectivity index (χ0) is 33.3. The van der Waals surface area contributed by atoms with E-state index < -0.39 is 48.8 Å². The first kappa shape index (κ1) is 35.8. The van der Waals surface area contributed by atoms with Crippen molar-refractivity contribution < 1.29 is 43.0 Å². The van der Waals surface area contributed by atoms with Gasteiger partial charge >= 0.3 is 5.97 Å². The van der Waals surface area contributed by atoms with Crippen LogP contribution in [0, 0.1) is 5.92 Å². The van der Waals surface area contributed by atoms with Gasteiger partial charge in [-0.2, -0.15) is 0 Å². The summed E-state index contributed by atoms with van der Waals surface area (Å²) in [6.45, 7) is -0.692. The summed E-state index contributed by atoms with van der Waals surface area (Å²) in [4.78, 5) is 85.8. The number of nitrogens with one attached hydrogen (secondary N) is 4. The van der Waals surface area contributed by atoms with E-state index in [1.807, 2.05) is 0 Å². The first-order chi connectivity index (χ1) is 22.1.